The van der Waals surface area contributed by atoms with Gasteiger partial charge in [0.05, 0.1) is 18.7 Å². The van der Waals surface area contributed by atoms with Crippen LogP contribution in [0.5, 0.6) is 11.5 Å². The van der Waals surface area contributed by atoms with Crippen LogP contribution in [0.15, 0.2) is 36.4 Å². The van der Waals surface area contributed by atoms with Crippen molar-refractivity contribution in [3.05, 3.63) is 57.6 Å². The van der Waals surface area contributed by atoms with Crippen LogP contribution in [-0.4, -0.2) is 72.8 Å². The molecule has 1 aliphatic rings. The second kappa shape index (κ2) is 11.3. The highest BCUT2D eigenvalue weighted by Crippen LogP contribution is 2.43. The standard InChI is InChI=1S/C22H24Cl2O9/c1-29-18-12(8-13(23)19(15(18)24)31-10-11-6-4-3-5-7-11)21(28)33-20-17(27)16(26)14(9-25)32-22(20)30-2/h3-8,14,16-17,20,22,25-27H,9-10H2,1-2H3/t14-,16+,17+,20-,22+/m1/s1. The number of methoxy groups -OCH3 is 2. The minimum absolute atomic E-state index is 0.0350. The minimum Gasteiger partial charge on any atom is -0.494 e. The number of ether oxygens (including phenoxy) is 5. The number of aliphatic hydroxyl groups excluding tert-OH is 3. The molecule has 0 unspecified atom stereocenters. The van der Waals surface area contributed by atoms with Gasteiger partial charge in [-0.3, -0.25) is 0 Å². The molecule has 2 aromatic carbocycles. The number of aliphatic hydroxyl groups is 3. The lowest BCUT2D eigenvalue weighted by Crippen LogP contribution is -2.60. The topological polar surface area (TPSA) is 124 Å². The fraction of sp³-hybridized carbons (Fsp3) is 0.409. The van der Waals surface area contributed by atoms with Gasteiger partial charge in [0, 0.05) is 7.11 Å². The average molecular weight is 503 g/mol. The van der Waals surface area contributed by atoms with Crippen LogP contribution in [0.25, 0.3) is 0 Å². The number of carbonyl (C=O) groups excluding carboxylic acids is 1. The van der Waals surface area contributed by atoms with Crippen LogP contribution in [-0.2, 0) is 20.8 Å². The van der Waals surface area contributed by atoms with Gasteiger partial charge in [0.25, 0.3) is 0 Å². The largest absolute Gasteiger partial charge is 0.494 e. The van der Waals surface area contributed by atoms with Gasteiger partial charge in [-0.2, -0.15) is 0 Å². The van der Waals surface area contributed by atoms with Gasteiger partial charge in [-0.25, -0.2) is 4.79 Å². The predicted molar refractivity (Wildman–Crippen MR) is 118 cm³/mol. The fourth-order valence-electron chi connectivity index (χ4n) is 3.36. The van der Waals surface area contributed by atoms with E-state index >= 15 is 0 Å². The Kier molecular flexibility index (Phi) is 8.77. The molecule has 33 heavy (non-hydrogen) atoms. The highest BCUT2D eigenvalue weighted by atomic mass is 35.5. The zero-order valence-electron chi connectivity index (χ0n) is 17.8. The summed E-state index contributed by atoms with van der Waals surface area (Å²) in [7, 11) is 2.57. The van der Waals surface area contributed by atoms with Crippen molar-refractivity contribution in [1.29, 1.82) is 0 Å². The Balaban J connectivity index is 1.84. The monoisotopic (exact) mass is 502 g/mol. The molecule has 0 amide bonds. The zero-order chi connectivity index (χ0) is 24.1. The molecular weight excluding hydrogens is 479 g/mol. The summed E-state index contributed by atoms with van der Waals surface area (Å²) in [6, 6.07) is 10.6. The van der Waals surface area contributed by atoms with E-state index in [1.54, 1.807) is 0 Å². The zero-order valence-corrected chi connectivity index (χ0v) is 19.3. The maximum Gasteiger partial charge on any atom is 0.342 e. The fourth-order valence-corrected chi connectivity index (χ4v) is 4.00. The summed E-state index contributed by atoms with van der Waals surface area (Å²) in [5.74, 6) is -0.898. The van der Waals surface area contributed by atoms with Crippen LogP contribution >= 0.6 is 23.2 Å². The van der Waals surface area contributed by atoms with E-state index in [0.717, 1.165) is 5.56 Å². The summed E-state index contributed by atoms with van der Waals surface area (Å²) >= 11 is 12.7. The third-order valence-electron chi connectivity index (χ3n) is 5.08. The number of benzene rings is 2. The van der Waals surface area contributed by atoms with Crippen LogP contribution in [0.2, 0.25) is 10.0 Å². The summed E-state index contributed by atoms with van der Waals surface area (Å²) in [4.78, 5) is 12.9. The van der Waals surface area contributed by atoms with Gasteiger partial charge >= 0.3 is 5.97 Å². The molecule has 1 fully saturated rings. The molecule has 9 nitrogen and oxygen atoms in total. The van der Waals surface area contributed by atoms with E-state index in [0.29, 0.717) is 0 Å². The van der Waals surface area contributed by atoms with E-state index in [1.807, 2.05) is 30.3 Å². The van der Waals surface area contributed by atoms with Crippen LogP contribution in [0, 0.1) is 0 Å². The van der Waals surface area contributed by atoms with Crippen LogP contribution < -0.4 is 9.47 Å². The molecule has 0 spiro atoms. The minimum atomic E-state index is -1.59. The highest BCUT2D eigenvalue weighted by Gasteiger charge is 2.47. The van der Waals surface area contributed by atoms with Gasteiger partial charge in [0.15, 0.2) is 23.9 Å². The Morgan fingerprint density at radius 1 is 1.09 bits per heavy atom. The Morgan fingerprint density at radius 3 is 2.39 bits per heavy atom. The Labute approximate surface area is 200 Å². The first-order chi connectivity index (χ1) is 15.8. The number of esters is 1. The molecule has 180 valence electrons. The number of hydrogen-bond acceptors (Lipinski definition) is 9. The molecule has 1 aliphatic heterocycles. The van der Waals surface area contributed by atoms with Gasteiger partial charge in [-0.15, -0.1) is 0 Å². The van der Waals surface area contributed by atoms with E-state index in [-0.39, 0.29) is 33.7 Å². The molecule has 0 radical (unpaired) electrons. The molecule has 0 aliphatic carbocycles. The molecule has 0 bridgehead atoms. The molecule has 5 atom stereocenters. The first kappa shape index (κ1) is 25.5. The first-order valence-corrected chi connectivity index (χ1v) is 10.7. The van der Waals surface area contributed by atoms with Crippen molar-refractivity contribution in [2.45, 2.75) is 37.3 Å². The smallest absolute Gasteiger partial charge is 0.342 e. The van der Waals surface area contributed by atoms with Crippen molar-refractivity contribution in [1.82, 2.24) is 0 Å². The van der Waals surface area contributed by atoms with Crippen molar-refractivity contribution >= 4 is 29.2 Å². The van der Waals surface area contributed by atoms with E-state index < -0.39 is 43.3 Å². The quantitative estimate of drug-likeness (QED) is 0.465. The van der Waals surface area contributed by atoms with Gasteiger partial charge in [0.1, 0.15) is 35.5 Å². The second-order valence-corrected chi connectivity index (χ2v) is 7.95. The molecule has 1 heterocycles. The summed E-state index contributed by atoms with van der Waals surface area (Å²) in [6.45, 7) is -0.388. The lowest BCUT2D eigenvalue weighted by Gasteiger charge is -2.40. The van der Waals surface area contributed by atoms with Crippen molar-refractivity contribution in [3.63, 3.8) is 0 Å². The van der Waals surface area contributed by atoms with E-state index in [9.17, 15) is 20.1 Å². The highest BCUT2D eigenvalue weighted by molar-refractivity contribution is 6.38. The van der Waals surface area contributed by atoms with Gasteiger partial charge in [-0.05, 0) is 11.6 Å². The lowest BCUT2D eigenvalue weighted by atomic mass is 9.99. The van der Waals surface area contributed by atoms with Crippen LogP contribution in [0.3, 0.4) is 0 Å². The maximum atomic E-state index is 12.9. The summed E-state index contributed by atoms with van der Waals surface area (Å²) < 4.78 is 26.8. The molecule has 11 heteroatoms. The van der Waals surface area contributed by atoms with Crippen molar-refractivity contribution in [3.8, 4) is 11.5 Å². The molecule has 2 aromatic rings. The Bertz CT molecular complexity index is 955. The third-order valence-corrected chi connectivity index (χ3v) is 5.71. The molecule has 3 rings (SSSR count). The first-order valence-electron chi connectivity index (χ1n) is 9.91. The molecular formula is C22H24Cl2O9. The second-order valence-electron chi connectivity index (χ2n) is 7.17. The number of carbonyl (C=O) groups is 1. The molecule has 0 aromatic heterocycles. The van der Waals surface area contributed by atoms with Gasteiger partial charge in [-0.1, -0.05) is 53.5 Å². The summed E-state index contributed by atoms with van der Waals surface area (Å²) in [6.07, 6.45) is -6.86. The normalized spacial score (nSPS) is 24.9. The number of rotatable bonds is 8. The van der Waals surface area contributed by atoms with Crippen molar-refractivity contribution < 1.29 is 43.8 Å². The Hall–Kier alpha value is -2.11. The number of halogens is 2. The Morgan fingerprint density at radius 2 is 1.79 bits per heavy atom. The maximum absolute atomic E-state index is 12.9. The SMILES string of the molecule is COc1c(C(=O)O[C@H]2[C@@H](OC)O[C@H](CO)[C@H](O)[C@@H]2O)cc(Cl)c(OCc2ccccc2)c1Cl. The average Bonchev–Trinajstić information content (AvgIpc) is 2.82. The van der Waals surface area contributed by atoms with Crippen LogP contribution in [0.1, 0.15) is 15.9 Å². The van der Waals surface area contributed by atoms with Crippen molar-refractivity contribution in [2.75, 3.05) is 20.8 Å². The van der Waals surface area contributed by atoms with E-state index in [4.69, 9.17) is 46.9 Å². The molecule has 1 saturated heterocycles. The summed E-state index contributed by atoms with van der Waals surface area (Å²) in [5.41, 5.74) is 0.740. The summed E-state index contributed by atoms with van der Waals surface area (Å²) in [5, 5.41) is 29.8. The van der Waals surface area contributed by atoms with E-state index in [1.165, 1.54) is 20.3 Å². The molecule has 3 N–H and O–H groups in total. The van der Waals surface area contributed by atoms with Crippen LogP contribution in [0.4, 0.5) is 0 Å². The van der Waals surface area contributed by atoms with Gasteiger partial charge in [0.2, 0.25) is 0 Å². The lowest BCUT2D eigenvalue weighted by molar-refractivity contribution is -0.293. The molecule has 0 saturated carbocycles. The predicted octanol–water partition coefficient (Wildman–Crippen LogP) is 2.19. The van der Waals surface area contributed by atoms with Crippen molar-refractivity contribution in [2.24, 2.45) is 0 Å². The third kappa shape index (κ3) is 5.52. The van der Waals surface area contributed by atoms with E-state index in [2.05, 4.69) is 0 Å². The van der Waals surface area contributed by atoms with Gasteiger partial charge < -0.3 is 39.0 Å². The number of hydrogen-bond donors (Lipinski definition) is 3.